The summed E-state index contributed by atoms with van der Waals surface area (Å²) >= 11 is 0. The van der Waals surface area contributed by atoms with Gasteiger partial charge in [0.1, 0.15) is 11.6 Å². The Morgan fingerprint density at radius 1 is 1.26 bits per heavy atom. The predicted octanol–water partition coefficient (Wildman–Crippen LogP) is 1.86. The number of esters is 1. The number of amides is 2. The molecule has 0 aromatic heterocycles. The highest BCUT2D eigenvalue weighted by molar-refractivity contribution is 5.94. The van der Waals surface area contributed by atoms with Crippen LogP contribution >= 0.6 is 0 Å². The molecule has 0 radical (unpaired) electrons. The molecule has 7 heteroatoms. The van der Waals surface area contributed by atoms with Crippen LogP contribution in [0, 0.1) is 11.3 Å². The molecular formula is C16H28N2O5. The summed E-state index contributed by atoms with van der Waals surface area (Å²) in [5.74, 6) is -1.13. The number of carboxylic acid groups (broad SMARTS) is 1. The van der Waals surface area contributed by atoms with Gasteiger partial charge in [-0.1, -0.05) is 34.6 Å². The first kappa shape index (κ1) is 19.3. The Bertz CT molecular complexity index is 483. The Balaban J connectivity index is 3.21. The second-order valence-electron chi connectivity index (χ2n) is 7.37. The number of ether oxygens (including phenoxy) is 1. The lowest BCUT2D eigenvalue weighted by Crippen LogP contribution is -2.66. The summed E-state index contributed by atoms with van der Waals surface area (Å²) < 4.78 is 4.75. The van der Waals surface area contributed by atoms with E-state index < -0.39 is 35.0 Å². The van der Waals surface area contributed by atoms with Crippen LogP contribution in [-0.4, -0.2) is 53.2 Å². The van der Waals surface area contributed by atoms with Gasteiger partial charge in [0, 0.05) is 6.54 Å². The highest BCUT2D eigenvalue weighted by atomic mass is 16.5. The van der Waals surface area contributed by atoms with Gasteiger partial charge in [-0.3, -0.25) is 9.69 Å². The molecule has 0 aliphatic carbocycles. The quantitative estimate of drug-likeness (QED) is 0.768. The Labute approximate surface area is 137 Å². The molecule has 0 spiro atoms. The van der Waals surface area contributed by atoms with E-state index in [0.717, 1.165) is 0 Å². The van der Waals surface area contributed by atoms with Crippen molar-refractivity contribution in [3.8, 4) is 0 Å². The van der Waals surface area contributed by atoms with Gasteiger partial charge in [-0.2, -0.15) is 0 Å². The molecule has 1 aliphatic heterocycles. The lowest BCUT2D eigenvalue weighted by molar-refractivity contribution is -0.149. The summed E-state index contributed by atoms with van der Waals surface area (Å²) in [6, 6.07) is -0.803. The smallest absolute Gasteiger partial charge is 0.408 e. The summed E-state index contributed by atoms with van der Waals surface area (Å²) in [7, 11) is 1.27. The second-order valence-corrected chi connectivity index (χ2v) is 7.37. The van der Waals surface area contributed by atoms with Gasteiger partial charge in [0.15, 0.2) is 0 Å². The monoisotopic (exact) mass is 328 g/mol. The molecule has 132 valence electrons. The van der Waals surface area contributed by atoms with E-state index in [9.17, 15) is 19.5 Å². The van der Waals surface area contributed by atoms with E-state index in [0.29, 0.717) is 19.4 Å². The minimum atomic E-state index is -1.19. The molecule has 2 atom stereocenters. The van der Waals surface area contributed by atoms with Gasteiger partial charge in [0.2, 0.25) is 5.91 Å². The summed E-state index contributed by atoms with van der Waals surface area (Å²) in [6.07, 6.45) is -0.0749. The summed E-state index contributed by atoms with van der Waals surface area (Å²) in [6.45, 7) is 9.44. The number of carbonyl (C=O) groups is 3. The Hall–Kier alpha value is -1.79. The van der Waals surface area contributed by atoms with Gasteiger partial charge in [0.25, 0.3) is 0 Å². The van der Waals surface area contributed by atoms with E-state index in [1.807, 2.05) is 20.8 Å². The number of hydrogen-bond acceptors (Lipinski definition) is 4. The van der Waals surface area contributed by atoms with Crippen molar-refractivity contribution in [3.63, 3.8) is 0 Å². The van der Waals surface area contributed by atoms with Gasteiger partial charge in [-0.15, -0.1) is 0 Å². The maximum absolute atomic E-state index is 13.0. The first-order valence-electron chi connectivity index (χ1n) is 7.88. The molecule has 2 N–H and O–H groups in total. The number of methoxy groups -OCH3 is 1. The Kier molecular flexibility index (Phi) is 5.66. The standard InChI is InChI=1S/C16H28N2O5/c1-10(2)11(12(19)23-6)17-13(20)16(15(3,4)5)8-7-9-18(16)14(21)22/h10-11H,7-9H2,1-6H3,(H,17,20)(H,21,22)/t11-,16-/m1/s1. The van der Waals surface area contributed by atoms with E-state index >= 15 is 0 Å². The fraction of sp³-hybridized carbons (Fsp3) is 0.812. The minimum absolute atomic E-state index is 0.164. The van der Waals surface area contributed by atoms with Crippen LogP contribution in [0.3, 0.4) is 0 Å². The largest absolute Gasteiger partial charge is 0.467 e. The number of nitrogens with zero attached hydrogens (tertiary/aromatic N) is 1. The van der Waals surface area contributed by atoms with Crippen LogP contribution in [0.5, 0.6) is 0 Å². The maximum Gasteiger partial charge on any atom is 0.408 e. The maximum atomic E-state index is 13.0. The molecule has 0 unspecified atom stereocenters. The minimum Gasteiger partial charge on any atom is -0.467 e. The van der Waals surface area contributed by atoms with E-state index in [2.05, 4.69) is 5.32 Å². The third kappa shape index (κ3) is 3.43. The van der Waals surface area contributed by atoms with E-state index in [1.54, 1.807) is 13.8 Å². The zero-order valence-corrected chi connectivity index (χ0v) is 14.8. The summed E-state index contributed by atoms with van der Waals surface area (Å²) in [5.41, 5.74) is -1.80. The number of carbonyl (C=O) groups excluding carboxylic acids is 2. The second kappa shape index (κ2) is 6.76. The fourth-order valence-corrected chi connectivity index (χ4v) is 3.32. The number of nitrogens with one attached hydrogen (secondary N) is 1. The molecule has 1 aliphatic rings. The molecule has 0 saturated carbocycles. The molecule has 1 heterocycles. The van der Waals surface area contributed by atoms with Crippen molar-refractivity contribution in [1.82, 2.24) is 10.2 Å². The molecule has 23 heavy (non-hydrogen) atoms. The number of hydrogen-bond donors (Lipinski definition) is 2. The van der Waals surface area contributed by atoms with Gasteiger partial charge in [0.05, 0.1) is 7.11 Å². The molecule has 1 rings (SSSR count). The molecule has 2 amide bonds. The molecular weight excluding hydrogens is 300 g/mol. The third-order valence-electron chi connectivity index (χ3n) is 4.64. The summed E-state index contributed by atoms with van der Waals surface area (Å²) in [4.78, 5) is 37.8. The van der Waals surface area contributed by atoms with Crippen LogP contribution in [0.4, 0.5) is 4.79 Å². The van der Waals surface area contributed by atoms with Crippen LogP contribution in [0.15, 0.2) is 0 Å². The van der Waals surface area contributed by atoms with Crippen molar-refractivity contribution in [3.05, 3.63) is 0 Å². The molecule has 1 fully saturated rings. The zero-order chi connectivity index (χ0) is 18.0. The highest BCUT2D eigenvalue weighted by Crippen LogP contribution is 2.44. The first-order chi connectivity index (χ1) is 10.5. The lowest BCUT2D eigenvalue weighted by atomic mass is 9.71. The van der Waals surface area contributed by atoms with Crippen molar-refractivity contribution in [2.45, 2.75) is 59.0 Å². The normalized spacial score (nSPS) is 22.8. The first-order valence-corrected chi connectivity index (χ1v) is 7.88. The number of likely N-dealkylation sites (tertiary alicyclic amines) is 1. The van der Waals surface area contributed by atoms with Crippen molar-refractivity contribution < 1.29 is 24.2 Å². The Morgan fingerprint density at radius 3 is 2.22 bits per heavy atom. The van der Waals surface area contributed by atoms with E-state index in [-0.39, 0.29) is 5.92 Å². The molecule has 0 bridgehead atoms. The van der Waals surface area contributed by atoms with Crippen molar-refractivity contribution in [1.29, 1.82) is 0 Å². The fourth-order valence-electron chi connectivity index (χ4n) is 3.32. The average molecular weight is 328 g/mol. The van der Waals surface area contributed by atoms with Crippen LogP contribution in [-0.2, 0) is 14.3 Å². The lowest BCUT2D eigenvalue weighted by Gasteiger charge is -2.46. The molecule has 0 aromatic rings. The van der Waals surface area contributed by atoms with Gasteiger partial charge < -0.3 is 15.2 Å². The third-order valence-corrected chi connectivity index (χ3v) is 4.64. The SMILES string of the molecule is COC(=O)[C@H](NC(=O)[C@@]1(C(C)(C)C)CCCN1C(=O)O)C(C)C. The van der Waals surface area contributed by atoms with Gasteiger partial charge in [-0.25, -0.2) is 9.59 Å². The Morgan fingerprint density at radius 2 is 1.83 bits per heavy atom. The predicted molar refractivity (Wildman–Crippen MR) is 84.9 cm³/mol. The van der Waals surface area contributed by atoms with Crippen LogP contribution < -0.4 is 5.32 Å². The van der Waals surface area contributed by atoms with E-state index in [4.69, 9.17) is 4.74 Å². The average Bonchev–Trinajstić information content (AvgIpc) is 2.89. The van der Waals surface area contributed by atoms with Crippen LogP contribution in [0.1, 0.15) is 47.5 Å². The molecule has 1 saturated heterocycles. The van der Waals surface area contributed by atoms with Crippen LogP contribution in [0.25, 0.3) is 0 Å². The topological polar surface area (TPSA) is 95.9 Å². The van der Waals surface area contributed by atoms with Gasteiger partial charge in [-0.05, 0) is 24.2 Å². The highest BCUT2D eigenvalue weighted by Gasteiger charge is 2.57. The molecule has 7 nitrogen and oxygen atoms in total. The number of rotatable bonds is 4. The van der Waals surface area contributed by atoms with Crippen molar-refractivity contribution in [2.75, 3.05) is 13.7 Å². The van der Waals surface area contributed by atoms with Crippen LogP contribution in [0.2, 0.25) is 0 Å². The van der Waals surface area contributed by atoms with Crippen molar-refractivity contribution in [2.24, 2.45) is 11.3 Å². The molecule has 0 aromatic carbocycles. The zero-order valence-electron chi connectivity index (χ0n) is 14.8. The van der Waals surface area contributed by atoms with E-state index in [1.165, 1.54) is 12.0 Å². The van der Waals surface area contributed by atoms with Gasteiger partial charge >= 0.3 is 12.1 Å². The summed E-state index contributed by atoms with van der Waals surface area (Å²) in [5, 5.41) is 12.2. The van der Waals surface area contributed by atoms with Crippen molar-refractivity contribution >= 4 is 18.0 Å².